The Labute approximate surface area is 160 Å². The van der Waals surface area contributed by atoms with Crippen LogP contribution in [0.4, 0.5) is 0 Å². The molecule has 2 amide bonds. The van der Waals surface area contributed by atoms with Gasteiger partial charge >= 0.3 is 0 Å². The third kappa shape index (κ3) is 3.24. The first-order chi connectivity index (χ1) is 13.1. The Bertz CT molecular complexity index is 980. The Hall–Kier alpha value is -2.64. The lowest BCUT2D eigenvalue weighted by Crippen LogP contribution is -2.32. The fraction of sp³-hybridized carbons (Fsp3) is 0.300. The fourth-order valence-electron chi connectivity index (χ4n) is 3.94. The molecule has 1 aliphatic rings. The molecule has 2 aromatic heterocycles. The second-order valence-corrected chi connectivity index (χ2v) is 7.74. The van der Waals surface area contributed by atoms with Crippen molar-refractivity contribution in [2.75, 3.05) is 19.7 Å². The highest BCUT2D eigenvalue weighted by Gasteiger charge is 2.36. The van der Waals surface area contributed by atoms with E-state index in [4.69, 9.17) is 5.73 Å². The number of carbonyl (C=O) groups is 2. The number of primary amides is 1. The predicted molar refractivity (Wildman–Crippen MR) is 105 cm³/mol. The highest BCUT2D eigenvalue weighted by atomic mass is 32.1. The summed E-state index contributed by atoms with van der Waals surface area (Å²) in [6.45, 7) is 1.34. The van der Waals surface area contributed by atoms with E-state index >= 15 is 0 Å². The number of hydrogen-bond donors (Lipinski definition) is 2. The van der Waals surface area contributed by atoms with Crippen LogP contribution in [0.25, 0.3) is 10.9 Å². The van der Waals surface area contributed by atoms with Crippen molar-refractivity contribution in [3.05, 3.63) is 58.4 Å². The highest BCUT2D eigenvalue weighted by molar-refractivity contribution is 7.08. The summed E-state index contributed by atoms with van der Waals surface area (Å²) in [5.41, 5.74) is 7.89. The second-order valence-electron chi connectivity index (χ2n) is 6.96. The van der Waals surface area contributed by atoms with E-state index in [1.165, 1.54) is 5.56 Å². The molecule has 27 heavy (non-hydrogen) atoms. The van der Waals surface area contributed by atoms with Crippen LogP contribution in [0.1, 0.15) is 21.8 Å². The fourth-order valence-corrected chi connectivity index (χ4v) is 4.67. The number of fused-ring (bicyclic) bond motifs is 1. The first-order valence-electron chi connectivity index (χ1n) is 8.87. The number of para-hydroxylation sites is 1. The minimum atomic E-state index is -0.503. The van der Waals surface area contributed by atoms with Crippen molar-refractivity contribution in [1.82, 2.24) is 9.47 Å². The molecule has 1 fully saturated rings. The zero-order chi connectivity index (χ0) is 19.0. The minimum absolute atomic E-state index is 0.0250. The van der Waals surface area contributed by atoms with Crippen molar-refractivity contribution in [3.8, 4) is 0 Å². The number of rotatable bonds is 5. The van der Waals surface area contributed by atoms with Gasteiger partial charge in [-0.1, -0.05) is 18.2 Å². The van der Waals surface area contributed by atoms with Gasteiger partial charge in [-0.05, 0) is 28.5 Å². The van der Waals surface area contributed by atoms with E-state index in [-0.39, 0.29) is 30.9 Å². The van der Waals surface area contributed by atoms with Gasteiger partial charge in [0.1, 0.15) is 6.54 Å². The average molecular weight is 383 g/mol. The number of aliphatic hydroxyl groups is 1. The monoisotopic (exact) mass is 383 g/mol. The van der Waals surface area contributed by atoms with Crippen LogP contribution in [0, 0.1) is 5.92 Å². The quantitative estimate of drug-likeness (QED) is 0.707. The summed E-state index contributed by atoms with van der Waals surface area (Å²) in [5, 5.41) is 14.6. The molecule has 0 aliphatic carbocycles. The lowest BCUT2D eigenvalue weighted by Gasteiger charge is -2.17. The molecule has 1 saturated heterocycles. The summed E-state index contributed by atoms with van der Waals surface area (Å²) in [4.78, 5) is 26.4. The predicted octanol–water partition coefficient (Wildman–Crippen LogP) is 2.04. The Morgan fingerprint density at radius 2 is 2.04 bits per heavy atom. The van der Waals surface area contributed by atoms with E-state index in [1.54, 1.807) is 22.1 Å². The summed E-state index contributed by atoms with van der Waals surface area (Å²) in [7, 11) is 0. The maximum absolute atomic E-state index is 12.9. The molecular weight excluding hydrogens is 362 g/mol. The van der Waals surface area contributed by atoms with Gasteiger partial charge < -0.3 is 20.3 Å². The van der Waals surface area contributed by atoms with Gasteiger partial charge in [-0.15, -0.1) is 0 Å². The van der Waals surface area contributed by atoms with Crippen LogP contribution in [0.3, 0.4) is 0 Å². The smallest absolute Gasteiger partial charge is 0.250 e. The van der Waals surface area contributed by atoms with Crippen LogP contribution in [-0.2, 0) is 11.3 Å². The number of likely N-dealkylation sites (tertiary alicyclic amines) is 1. The second kappa shape index (κ2) is 7.17. The van der Waals surface area contributed by atoms with E-state index in [1.807, 2.05) is 34.5 Å². The van der Waals surface area contributed by atoms with Gasteiger partial charge in [0, 0.05) is 48.6 Å². The molecule has 3 N–H and O–H groups in total. The molecular formula is C20H21N3O3S. The van der Waals surface area contributed by atoms with Crippen LogP contribution in [0.15, 0.2) is 47.3 Å². The summed E-state index contributed by atoms with van der Waals surface area (Å²) in [5.74, 6) is -0.321. The minimum Gasteiger partial charge on any atom is -0.396 e. The summed E-state index contributed by atoms with van der Waals surface area (Å²) < 4.78 is 1.78. The topological polar surface area (TPSA) is 88.6 Å². The van der Waals surface area contributed by atoms with Crippen LogP contribution >= 0.6 is 11.3 Å². The van der Waals surface area contributed by atoms with Gasteiger partial charge in [0.25, 0.3) is 5.91 Å². The van der Waals surface area contributed by atoms with Crippen molar-refractivity contribution < 1.29 is 14.7 Å². The first kappa shape index (κ1) is 17.8. The molecule has 4 rings (SSSR count). The molecule has 7 heteroatoms. The number of carbonyl (C=O) groups excluding carboxylic acids is 2. The average Bonchev–Trinajstić information content (AvgIpc) is 3.39. The van der Waals surface area contributed by atoms with Crippen LogP contribution in [-0.4, -0.2) is 46.1 Å². The number of benzene rings is 1. The Balaban J connectivity index is 1.56. The van der Waals surface area contributed by atoms with Crippen molar-refractivity contribution >= 4 is 34.1 Å². The number of aliphatic hydroxyl groups excluding tert-OH is 1. The molecule has 0 radical (unpaired) electrons. The molecule has 0 spiro atoms. The molecule has 6 nitrogen and oxygen atoms in total. The molecule has 0 bridgehead atoms. The molecule has 0 saturated carbocycles. The molecule has 140 valence electrons. The van der Waals surface area contributed by atoms with Gasteiger partial charge in [-0.3, -0.25) is 9.59 Å². The maximum atomic E-state index is 12.9. The molecule has 0 unspecified atom stereocenters. The lowest BCUT2D eigenvalue weighted by atomic mass is 9.92. The van der Waals surface area contributed by atoms with E-state index < -0.39 is 5.91 Å². The third-order valence-corrected chi connectivity index (χ3v) is 6.06. The molecule has 2 atom stereocenters. The van der Waals surface area contributed by atoms with Crippen molar-refractivity contribution in [2.45, 2.75) is 12.5 Å². The third-order valence-electron chi connectivity index (χ3n) is 5.36. The van der Waals surface area contributed by atoms with Crippen LogP contribution in [0.5, 0.6) is 0 Å². The van der Waals surface area contributed by atoms with Gasteiger partial charge in [0.15, 0.2) is 0 Å². The molecule has 1 aliphatic heterocycles. The van der Waals surface area contributed by atoms with E-state index in [0.29, 0.717) is 18.7 Å². The van der Waals surface area contributed by atoms with Crippen molar-refractivity contribution in [2.24, 2.45) is 11.7 Å². The summed E-state index contributed by atoms with van der Waals surface area (Å²) in [6.07, 6.45) is 1.65. The van der Waals surface area contributed by atoms with Gasteiger partial charge in [-0.25, -0.2) is 0 Å². The van der Waals surface area contributed by atoms with Gasteiger partial charge in [0.2, 0.25) is 5.91 Å². The molecule has 3 heterocycles. The normalized spacial score (nSPS) is 19.7. The SMILES string of the molecule is NC(=O)c1cn(CC(=O)N2C[C@@H](CO)[C@H](c3ccsc3)C2)c2ccccc12. The van der Waals surface area contributed by atoms with E-state index in [2.05, 4.69) is 11.4 Å². The number of thiophene rings is 1. The summed E-state index contributed by atoms with van der Waals surface area (Å²) in [6, 6.07) is 9.49. The Kier molecular flexibility index (Phi) is 4.72. The van der Waals surface area contributed by atoms with Gasteiger partial charge in [0.05, 0.1) is 5.56 Å². The number of nitrogens with two attached hydrogens (primary N) is 1. The van der Waals surface area contributed by atoms with Crippen LogP contribution in [0.2, 0.25) is 0 Å². The van der Waals surface area contributed by atoms with Crippen molar-refractivity contribution in [1.29, 1.82) is 0 Å². The largest absolute Gasteiger partial charge is 0.396 e. The highest BCUT2D eigenvalue weighted by Crippen LogP contribution is 2.34. The standard InChI is InChI=1S/C20H21N3O3S/c21-20(26)17-9-22(18-4-2-1-3-15(17)18)10-19(25)23-7-14(11-24)16(8-23)13-5-6-27-12-13/h1-6,9,12,14,16,24H,7-8,10-11H2,(H2,21,26)/t14-,16-/m0/s1. The maximum Gasteiger partial charge on any atom is 0.250 e. The zero-order valence-electron chi connectivity index (χ0n) is 14.7. The number of nitrogens with zero attached hydrogens (tertiary/aromatic N) is 2. The Morgan fingerprint density at radius 3 is 2.74 bits per heavy atom. The zero-order valence-corrected chi connectivity index (χ0v) is 15.6. The number of amides is 2. The summed E-state index contributed by atoms with van der Waals surface area (Å²) >= 11 is 1.63. The van der Waals surface area contributed by atoms with Crippen molar-refractivity contribution in [3.63, 3.8) is 0 Å². The van der Waals surface area contributed by atoms with E-state index in [0.717, 1.165) is 10.9 Å². The Morgan fingerprint density at radius 1 is 1.22 bits per heavy atom. The van der Waals surface area contributed by atoms with Crippen LogP contribution < -0.4 is 5.73 Å². The number of aromatic nitrogens is 1. The van der Waals surface area contributed by atoms with E-state index in [9.17, 15) is 14.7 Å². The lowest BCUT2D eigenvalue weighted by molar-refractivity contribution is -0.130. The molecule has 3 aromatic rings. The first-order valence-corrected chi connectivity index (χ1v) is 9.81. The van der Waals surface area contributed by atoms with Gasteiger partial charge in [-0.2, -0.15) is 11.3 Å². The number of hydrogen-bond acceptors (Lipinski definition) is 4. The molecule has 1 aromatic carbocycles.